The Kier molecular flexibility index (Phi) is 5.28. The van der Waals surface area contributed by atoms with Crippen molar-refractivity contribution in [2.75, 3.05) is 19.8 Å². The molecule has 1 aromatic carbocycles. The number of nitrogens with zero attached hydrogens (tertiary/aromatic N) is 1. The van der Waals surface area contributed by atoms with E-state index < -0.39 is 0 Å². The Bertz CT molecular complexity index is 471. The quantitative estimate of drug-likeness (QED) is 0.477. The van der Waals surface area contributed by atoms with Gasteiger partial charge in [0.1, 0.15) is 13.2 Å². The van der Waals surface area contributed by atoms with E-state index in [-0.39, 0.29) is 35.4 Å². The van der Waals surface area contributed by atoms with Gasteiger partial charge in [-0.15, -0.1) is 24.0 Å². The molecule has 0 bridgehead atoms. The molecular weight excluding hydrogens is 357 g/mol. The number of rotatable bonds is 3. The Morgan fingerprint density at radius 2 is 1.84 bits per heavy atom. The van der Waals surface area contributed by atoms with E-state index in [1.165, 1.54) is 0 Å². The maximum absolute atomic E-state index is 5.57. The van der Waals surface area contributed by atoms with Crippen LogP contribution in [0, 0.1) is 0 Å². The number of aliphatic imine (C=N–C) groups is 1. The van der Waals surface area contributed by atoms with Gasteiger partial charge < -0.3 is 20.9 Å². The first kappa shape index (κ1) is 15.9. The molecule has 4 N–H and O–H groups in total. The van der Waals surface area contributed by atoms with E-state index in [9.17, 15) is 0 Å². The fourth-order valence-electron chi connectivity index (χ4n) is 1.84. The molecule has 0 spiro atoms. The third-order valence-electron chi connectivity index (χ3n) is 2.98. The summed E-state index contributed by atoms with van der Waals surface area (Å²) in [5.74, 6) is 1.69. The van der Waals surface area contributed by atoms with E-state index in [0.717, 1.165) is 17.1 Å². The lowest BCUT2D eigenvalue weighted by Crippen LogP contribution is -2.28. The SMILES string of the molecule is CC(C)(CN=C(N)N)c1ccc2c(c1)OCCO2.I. The molecule has 0 atom stereocenters. The Hall–Kier alpha value is -1.18. The van der Waals surface area contributed by atoms with Gasteiger partial charge >= 0.3 is 0 Å². The van der Waals surface area contributed by atoms with Gasteiger partial charge in [-0.05, 0) is 17.7 Å². The van der Waals surface area contributed by atoms with E-state index >= 15 is 0 Å². The normalized spacial score (nSPS) is 13.4. The number of halogens is 1. The molecular formula is C13H20IN3O2. The van der Waals surface area contributed by atoms with Crippen molar-refractivity contribution in [3.8, 4) is 11.5 Å². The second-order valence-corrected chi connectivity index (χ2v) is 4.98. The fraction of sp³-hybridized carbons (Fsp3) is 0.462. The van der Waals surface area contributed by atoms with Crippen LogP contribution in [-0.2, 0) is 5.41 Å². The lowest BCUT2D eigenvalue weighted by molar-refractivity contribution is 0.171. The average molecular weight is 377 g/mol. The lowest BCUT2D eigenvalue weighted by atomic mass is 9.84. The zero-order chi connectivity index (χ0) is 13.2. The third kappa shape index (κ3) is 3.89. The molecule has 5 nitrogen and oxygen atoms in total. The first-order chi connectivity index (χ1) is 8.49. The van der Waals surface area contributed by atoms with Gasteiger partial charge in [0.2, 0.25) is 0 Å². The van der Waals surface area contributed by atoms with Crippen LogP contribution in [0.1, 0.15) is 19.4 Å². The summed E-state index contributed by atoms with van der Waals surface area (Å²) in [4.78, 5) is 4.08. The summed E-state index contributed by atoms with van der Waals surface area (Å²) in [6.07, 6.45) is 0. The average Bonchev–Trinajstić information content (AvgIpc) is 2.36. The number of nitrogens with two attached hydrogens (primary N) is 2. The van der Waals surface area contributed by atoms with E-state index in [1.807, 2.05) is 18.2 Å². The summed E-state index contributed by atoms with van der Waals surface area (Å²) in [5, 5.41) is 0. The van der Waals surface area contributed by atoms with E-state index in [0.29, 0.717) is 19.8 Å². The molecule has 2 rings (SSSR count). The minimum atomic E-state index is -0.153. The summed E-state index contributed by atoms with van der Waals surface area (Å²) in [5.41, 5.74) is 11.7. The molecule has 0 radical (unpaired) electrons. The minimum Gasteiger partial charge on any atom is -0.486 e. The Balaban J connectivity index is 0.00000180. The van der Waals surface area contributed by atoms with Crippen LogP contribution in [0.3, 0.4) is 0 Å². The molecule has 0 aliphatic carbocycles. The molecule has 106 valence electrons. The summed E-state index contributed by atoms with van der Waals surface area (Å²) in [6.45, 7) is 5.90. The van der Waals surface area contributed by atoms with Crippen molar-refractivity contribution in [2.45, 2.75) is 19.3 Å². The molecule has 0 aromatic heterocycles. The van der Waals surface area contributed by atoms with Gasteiger partial charge in [-0.3, -0.25) is 4.99 Å². The molecule has 1 aliphatic heterocycles. The largest absolute Gasteiger partial charge is 0.486 e. The van der Waals surface area contributed by atoms with Crippen LogP contribution < -0.4 is 20.9 Å². The first-order valence-corrected chi connectivity index (χ1v) is 5.94. The number of ether oxygens (including phenoxy) is 2. The van der Waals surface area contributed by atoms with Crippen molar-refractivity contribution in [1.29, 1.82) is 0 Å². The van der Waals surface area contributed by atoms with Crippen LogP contribution in [0.2, 0.25) is 0 Å². The van der Waals surface area contributed by atoms with Gasteiger partial charge in [-0.1, -0.05) is 19.9 Å². The van der Waals surface area contributed by atoms with Gasteiger partial charge in [0.05, 0.1) is 6.54 Å². The van der Waals surface area contributed by atoms with Gasteiger partial charge in [0, 0.05) is 5.41 Å². The van der Waals surface area contributed by atoms with Crippen molar-refractivity contribution in [2.24, 2.45) is 16.5 Å². The van der Waals surface area contributed by atoms with Crippen molar-refractivity contribution in [3.05, 3.63) is 23.8 Å². The standard InChI is InChI=1S/C13H19N3O2.HI/c1-13(2,8-16-12(14)15)9-3-4-10-11(7-9)18-6-5-17-10;/h3-4,7H,5-6,8H2,1-2H3,(H4,14,15,16);1H. The third-order valence-corrected chi connectivity index (χ3v) is 2.98. The van der Waals surface area contributed by atoms with E-state index in [1.54, 1.807) is 0 Å². The predicted molar refractivity (Wildman–Crippen MR) is 86.5 cm³/mol. The molecule has 19 heavy (non-hydrogen) atoms. The van der Waals surface area contributed by atoms with E-state index in [4.69, 9.17) is 20.9 Å². The van der Waals surface area contributed by atoms with E-state index in [2.05, 4.69) is 18.8 Å². The van der Waals surface area contributed by atoms with Crippen LogP contribution in [0.25, 0.3) is 0 Å². The number of guanidine groups is 1. The maximum atomic E-state index is 5.57. The van der Waals surface area contributed by atoms with Crippen LogP contribution in [0.5, 0.6) is 11.5 Å². The van der Waals surface area contributed by atoms with Crippen LogP contribution in [0.4, 0.5) is 0 Å². The second-order valence-electron chi connectivity index (χ2n) is 4.98. The Labute approximate surface area is 130 Å². The Morgan fingerprint density at radius 1 is 1.21 bits per heavy atom. The topological polar surface area (TPSA) is 82.9 Å². The van der Waals surface area contributed by atoms with Crippen molar-refractivity contribution in [3.63, 3.8) is 0 Å². The lowest BCUT2D eigenvalue weighted by Gasteiger charge is -2.26. The van der Waals surface area contributed by atoms with Gasteiger partial charge in [0.15, 0.2) is 17.5 Å². The molecule has 0 fully saturated rings. The second kappa shape index (κ2) is 6.31. The predicted octanol–water partition coefficient (Wildman–Crippen LogP) is 1.63. The number of hydrogen-bond donors (Lipinski definition) is 2. The van der Waals surface area contributed by atoms with Gasteiger partial charge in [0.25, 0.3) is 0 Å². The highest BCUT2D eigenvalue weighted by Gasteiger charge is 2.23. The first-order valence-electron chi connectivity index (χ1n) is 5.94. The van der Waals surface area contributed by atoms with Crippen molar-refractivity contribution >= 4 is 29.9 Å². The highest BCUT2D eigenvalue weighted by Crippen LogP contribution is 2.35. The molecule has 6 heteroatoms. The molecule has 0 amide bonds. The number of hydrogen-bond acceptors (Lipinski definition) is 3. The summed E-state index contributed by atoms with van der Waals surface area (Å²) >= 11 is 0. The Morgan fingerprint density at radius 3 is 2.47 bits per heavy atom. The highest BCUT2D eigenvalue weighted by molar-refractivity contribution is 14.0. The van der Waals surface area contributed by atoms with Gasteiger partial charge in [-0.2, -0.15) is 0 Å². The fourth-order valence-corrected chi connectivity index (χ4v) is 1.84. The molecule has 1 heterocycles. The van der Waals surface area contributed by atoms with Crippen molar-refractivity contribution < 1.29 is 9.47 Å². The summed E-state index contributed by atoms with van der Waals surface area (Å²) in [7, 11) is 0. The van der Waals surface area contributed by atoms with Crippen LogP contribution >= 0.6 is 24.0 Å². The minimum absolute atomic E-state index is 0. The van der Waals surface area contributed by atoms with Crippen LogP contribution in [-0.4, -0.2) is 25.7 Å². The number of benzene rings is 1. The van der Waals surface area contributed by atoms with Crippen molar-refractivity contribution in [1.82, 2.24) is 0 Å². The highest BCUT2D eigenvalue weighted by atomic mass is 127. The maximum Gasteiger partial charge on any atom is 0.185 e. The zero-order valence-electron chi connectivity index (χ0n) is 11.2. The zero-order valence-corrected chi connectivity index (χ0v) is 13.5. The summed E-state index contributed by atoms with van der Waals surface area (Å²) in [6, 6.07) is 5.95. The summed E-state index contributed by atoms with van der Waals surface area (Å²) < 4.78 is 11.1. The molecule has 1 aromatic rings. The smallest absolute Gasteiger partial charge is 0.185 e. The van der Waals surface area contributed by atoms with Crippen LogP contribution in [0.15, 0.2) is 23.2 Å². The molecule has 0 unspecified atom stereocenters. The number of fused-ring (bicyclic) bond motifs is 1. The monoisotopic (exact) mass is 377 g/mol. The molecule has 0 saturated carbocycles. The molecule has 0 saturated heterocycles. The van der Waals surface area contributed by atoms with Gasteiger partial charge in [-0.25, -0.2) is 0 Å². The molecule has 1 aliphatic rings.